The molecule has 2 aliphatic rings. The lowest BCUT2D eigenvalue weighted by Crippen LogP contribution is -2.23. The molecule has 0 amide bonds. The van der Waals surface area contributed by atoms with E-state index in [2.05, 4.69) is 41.5 Å². The Hall–Kier alpha value is -2.16. The van der Waals surface area contributed by atoms with Crippen molar-refractivity contribution in [1.29, 1.82) is 0 Å². The van der Waals surface area contributed by atoms with Gasteiger partial charge in [0.15, 0.2) is 0 Å². The second kappa shape index (κ2) is 7.21. The Morgan fingerprint density at radius 3 is 1.53 bits per heavy atom. The Morgan fingerprint density at radius 2 is 1.13 bits per heavy atom. The van der Waals surface area contributed by atoms with E-state index in [0.717, 1.165) is 33.8 Å². The van der Waals surface area contributed by atoms with Gasteiger partial charge in [0.2, 0.25) is 0 Å². The summed E-state index contributed by atoms with van der Waals surface area (Å²) in [7, 11) is 0. The number of hydrogen-bond donors (Lipinski definition) is 2. The fourth-order valence-corrected chi connectivity index (χ4v) is 5.29. The Morgan fingerprint density at radius 1 is 0.700 bits per heavy atom. The predicted octanol–water partition coefficient (Wildman–Crippen LogP) is 7.51. The largest absolute Gasteiger partial charge is 0.508 e. The maximum absolute atomic E-state index is 10.9. The zero-order valence-corrected chi connectivity index (χ0v) is 19.3. The molecule has 2 aromatic rings. The Kier molecular flexibility index (Phi) is 5.07. The molecule has 0 spiro atoms. The fraction of sp³-hybridized carbons (Fsp3) is 0.556. The Bertz CT molecular complexity index is 884. The van der Waals surface area contributed by atoms with E-state index in [9.17, 15) is 10.2 Å². The molecule has 2 N–H and O–H groups in total. The van der Waals surface area contributed by atoms with E-state index in [1.165, 1.54) is 32.1 Å². The monoisotopic (exact) mass is 408 g/mol. The van der Waals surface area contributed by atoms with Gasteiger partial charge in [-0.05, 0) is 53.9 Å². The molecule has 0 aromatic heterocycles. The highest BCUT2D eigenvalue weighted by Gasteiger charge is 2.37. The van der Waals surface area contributed by atoms with Crippen LogP contribution in [0.3, 0.4) is 0 Å². The van der Waals surface area contributed by atoms with E-state index >= 15 is 0 Å². The average Bonchev–Trinajstić information content (AvgIpc) is 2.64. The highest BCUT2D eigenvalue weighted by molar-refractivity contribution is 5.61. The van der Waals surface area contributed by atoms with Gasteiger partial charge in [-0.25, -0.2) is 0 Å². The summed E-state index contributed by atoms with van der Waals surface area (Å²) < 4.78 is 6.46. The van der Waals surface area contributed by atoms with Crippen LogP contribution in [0.15, 0.2) is 24.3 Å². The van der Waals surface area contributed by atoms with Crippen LogP contribution in [0.25, 0.3) is 0 Å². The van der Waals surface area contributed by atoms with Crippen LogP contribution in [0, 0.1) is 5.92 Å². The summed E-state index contributed by atoms with van der Waals surface area (Å²) in [5.74, 6) is 3.02. The third-order valence-electron chi connectivity index (χ3n) is 6.88. The van der Waals surface area contributed by atoms with Crippen LogP contribution in [0.5, 0.6) is 23.0 Å². The topological polar surface area (TPSA) is 49.7 Å². The molecule has 0 atom stereocenters. The molecule has 30 heavy (non-hydrogen) atoms. The molecule has 0 bridgehead atoms. The molecular weight excluding hydrogens is 372 g/mol. The number of phenols is 2. The summed E-state index contributed by atoms with van der Waals surface area (Å²) >= 11 is 0. The van der Waals surface area contributed by atoms with Crippen molar-refractivity contribution in [2.45, 2.75) is 90.4 Å². The lowest BCUT2D eigenvalue weighted by Gasteiger charge is -2.37. The van der Waals surface area contributed by atoms with Crippen LogP contribution in [-0.2, 0) is 10.8 Å². The van der Waals surface area contributed by atoms with Gasteiger partial charge in [-0.3, -0.25) is 0 Å². The van der Waals surface area contributed by atoms with Crippen molar-refractivity contribution in [3.63, 3.8) is 0 Å². The van der Waals surface area contributed by atoms with Crippen LogP contribution in [0.2, 0.25) is 0 Å². The van der Waals surface area contributed by atoms with Gasteiger partial charge >= 0.3 is 0 Å². The SMILES string of the molecule is CC(C)(C)c1cc2c(cc1O)C(C1CCCCC1)c1cc(O)c(C(C)(C)C)cc1O2. The number of ether oxygens (including phenoxy) is 1. The van der Waals surface area contributed by atoms with Crippen molar-refractivity contribution < 1.29 is 14.9 Å². The molecule has 0 unspecified atom stereocenters. The van der Waals surface area contributed by atoms with E-state index in [0.29, 0.717) is 17.4 Å². The van der Waals surface area contributed by atoms with Gasteiger partial charge in [-0.1, -0.05) is 60.8 Å². The number of fused-ring (bicyclic) bond motifs is 2. The predicted molar refractivity (Wildman–Crippen MR) is 122 cm³/mol. The molecule has 1 aliphatic carbocycles. The molecule has 1 heterocycles. The quantitative estimate of drug-likeness (QED) is 0.513. The number of benzene rings is 2. The van der Waals surface area contributed by atoms with Crippen molar-refractivity contribution >= 4 is 0 Å². The maximum Gasteiger partial charge on any atom is 0.131 e. The van der Waals surface area contributed by atoms with Gasteiger partial charge < -0.3 is 14.9 Å². The number of phenolic OH excluding ortho intramolecular Hbond substituents is 2. The number of aromatic hydroxyl groups is 2. The summed E-state index contributed by atoms with van der Waals surface area (Å²) in [5.41, 5.74) is 3.58. The first-order valence-corrected chi connectivity index (χ1v) is 11.4. The zero-order chi connectivity index (χ0) is 21.8. The van der Waals surface area contributed by atoms with E-state index in [1.807, 2.05) is 24.3 Å². The summed E-state index contributed by atoms with van der Waals surface area (Å²) in [6.07, 6.45) is 6.12. The maximum atomic E-state index is 10.9. The molecule has 0 saturated heterocycles. The first kappa shape index (κ1) is 21.1. The average molecular weight is 409 g/mol. The van der Waals surface area contributed by atoms with Crippen molar-refractivity contribution in [3.05, 3.63) is 46.5 Å². The Labute approximate surface area is 181 Å². The highest BCUT2D eigenvalue weighted by Crippen LogP contribution is 2.54. The number of rotatable bonds is 1. The lowest BCUT2D eigenvalue weighted by molar-refractivity contribution is 0.306. The molecule has 1 fully saturated rings. The van der Waals surface area contributed by atoms with Crippen molar-refractivity contribution in [3.8, 4) is 23.0 Å². The minimum absolute atomic E-state index is 0.142. The number of hydrogen-bond acceptors (Lipinski definition) is 3. The smallest absolute Gasteiger partial charge is 0.131 e. The van der Waals surface area contributed by atoms with Gasteiger partial charge in [0, 0.05) is 28.2 Å². The van der Waals surface area contributed by atoms with E-state index in [4.69, 9.17) is 4.74 Å². The first-order chi connectivity index (χ1) is 14.0. The summed E-state index contributed by atoms with van der Waals surface area (Å²) in [6, 6.07) is 7.92. The minimum atomic E-state index is -0.172. The van der Waals surface area contributed by atoms with Crippen molar-refractivity contribution in [2.75, 3.05) is 0 Å². The van der Waals surface area contributed by atoms with E-state index < -0.39 is 0 Å². The Balaban J connectivity index is 1.91. The van der Waals surface area contributed by atoms with Crippen LogP contribution in [0.4, 0.5) is 0 Å². The molecular formula is C27H36O3. The molecule has 2 aromatic carbocycles. The summed E-state index contributed by atoms with van der Waals surface area (Å²) in [6.45, 7) is 12.7. The molecule has 3 heteroatoms. The molecule has 4 rings (SSSR count). The molecule has 0 radical (unpaired) electrons. The lowest BCUT2D eigenvalue weighted by atomic mass is 9.71. The zero-order valence-electron chi connectivity index (χ0n) is 19.3. The van der Waals surface area contributed by atoms with Gasteiger partial charge in [0.05, 0.1) is 0 Å². The normalized spacial score (nSPS) is 17.9. The molecule has 1 aliphatic heterocycles. The minimum Gasteiger partial charge on any atom is -0.508 e. The van der Waals surface area contributed by atoms with Gasteiger partial charge in [-0.2, -0.15) is 0 Å². The van der Waals surface area contributed by atoms with Crippen LogP contribution >= 0.6 is 0 Å². The molecule has 1 saturated carbocycles. The molecule has 162 valence electrons. The van der Waals surface area contributed by atoms with Gasteiger partial charge in [-0.15, -0.1) is 0 Å². The standard InChI is InChI=1S/C27H36O3/c1-26(2,3)19-14-23-17(12-21(19)28)25(16-10-8-7-9-11-16)18-13-22(29)20(27(4,5)6)15-24(18)30-23/h12-16,25,28-29H,7-11H2,1-6H3. The van der Waals surface area contributed by atoms with Crippen LogP contribution in [-0.4, -0.2) is 10.2 Å². The second-order valence-corrected chi connectivity index (χ2v) is 11.3. The fourth-order valence-electron chi connectivity index (χ4n) is 5.29. The van der Waals surface area contributed by atoms with Crippen LogP contribution < -0.4 is 4.74 Å². The van der Waals surface area contributed by atoms with E-state index in [1.54, 1.807) is 0 Å². The third kappa shape index (κ3) is 3.68. The van der Waals surface area contributed by atoms with E-state index in [-0.39, 0.29) is 16.7 Å². The summed E-state index contributed by atoms with van der Waals surface area (Å²) in [4.78, 5) is 0. The van der Waals surface area contributed by atoms with Crippen LogP contribution in [0.1, 0.15) is 102 Å². The highest BCUT2D eigenvalue weighted by atomic mass is 16.5. The molecule has 3 nitrogen and oxygen atoms in total. The second-order valence-electron chi connectivity index (χ2n) is 11.3. The van der Waals surface area contributed by atoms with Crippen molar-refractivity contribution in [2.24, 2.45) is 5.92 Å². The third-order valence-corrected chi connectivity index (χ3v) is 6.88. The first-order valence-electron chi connectivity index (χ1n) is 11.4. The van der Waals surface area contributed by atoms with Gasteiger partial charge in [0.1, 0.15) is 23.0 Å². The van der Waals surface area contributed by atoms with Gasteiger partial charge in [0.25, 0.3) is 0 Å². The van der Waals surface area contributed by atoms with Crippen molar-refractivity contribution in [1.82, 2.24) is 0 Å². The summed E-state index contributed by atoms with van der Waals surface area (Å²) in [5, 5.41) is 21.7.